The predicted molar refractivity (Wildman–Crippen MR) is 90.6 cm³/mol. The van der Waals surface area contributed by atoms with Crippen molar-refractivity contribution in [3.63, 3.8) is 0 Å². The predicted octanol–water partition coefficient (Wildman–Crippen LogP) is 3.46. The number of pyridine rings is 2. The fraction of sp³-hybridized carbons (Fsp3) is 0.167. The Morgan fingerprint density at radius 1 is 1.09 bits per heavy atom. The summed E-state index contributed by atoms with van der Waals surface area (Å²) in [5.41, 5.74) is 2.19. The van der Waals surface area contributed by atoms with Crippen LogP contribution in [0.4, 0.5) is 11.5 Å². The van der Waals surface area contributed by atoms with E-state index in [1.807, 2.05) is 36.4 Å². The summed E-state index contributed by atoms with van der Waals surface area (Å²) in [5.74, 6) is 0.652. The number of carbonyl (C=O) groups excluding carboxylic acids is 1. The number of hydrogen-bond acceptors (Lipinski definition) is 4. The Hall–Kier alpha value is -2.95. The smallest absolute Gasteiger partial charge is 0.257 e. The first-order valence-corrected chi connectivity index (χ1v) is 7.67. The number of amides is 1. The van der Waals surface area contributed by atoms with Gasteiger partial charge < -0.3 is 10.6 Å². The van der Waals surface area contributed by atoms with E-state index in [2.05, 4.69) is 20.6 Å². The third kappa shape index (κ3) is 3.13. The van der Waals surface area contributed by atoms with Gasteiger partial charge in [-0.3, -0.25) is 9.78 Å². The molecule has 0 spiro atoms. The lowest BCUT2D eigenvalue weighted by molar-refractivity contribution is 0.102. The summed E-state index contributed by atoms with van der Waals surface area (Å²) >= 11 is 0. The molecule has 114 valence electrons. The van der Waals surface area contributed by atoms with Crippen molar-refractivity contribution >= 4 is 28.3 Å². The number of carbonyl (C=O) groups is 1. The molecule has 0 bridgehead atoms. The first kappa shape index (κ1) is 13.7. The summed E-state index contributed by atoms with van der Waals surface area (Å²) in [6.45, 7) is 0. The van der Waals surface area contributed by atoms with Crippen molar-refractivity contribution in [3.05, 3.63) is 60.4 Å². The number of nitrogens with one attached hydrogen (secondary N) is 2. The number of aromatic nitrogens is 2. The van der Waals surface area contributed by atoms with Gasteiger partial charge in [0.15, 0.2) is 0 Å². The Labute approximate surface area is 133 Å². The summed E-state index contributed by atoms with van der Waals surface area (Å²) in [6, 6.07) is 13.7. The molecule has 0 atom stereocenters. The quantitative estimate of drug-likeness (QED) is 0.774. The minimum Gasteiger partial charge on any atom is -0.367 e. The van der Waals surface area contributed by atoms with E-state index in [1.54, 1.807) is 18.5 Å². The normalized spacial score (nSPS) is 13.7. The Kier molecular flexibility index (Phi) is 3.38. The molecule has 23 heavy (non-hydrogen) atoms. The van der Waals surface area contributed by atoms with Crippen LogP contribution < -0.4 is 10.6 Å². The van der Waals surface area contributed by atoms with Crippen LogP contribution >= 0.6 is 0 Å². The van der Waals surface area contributed by atoms with Gasteiger partial charge in [-0.1, -0.05) is 6.07 Å². The van der Waals surface area contributed by atoms with Crippen molar-refractivity contribution in [2.24, 2.45) is 0 Å². The number of anilines is 2. The Balaban J connectivity index is 1.49. The second-order valence-electron chi connectivity index (χ2n) is 5.72. The van der Waals surface area contributed by atoms with Gasteiger partial charge in [0, 0.05) is 29.5 Å². The van der Waals surface area contributed by atoms with Gasteiger partial charge in [-0.15, -0.1) is 0 Å². The van der Waals surface area contributed by atoms with Gasteiger partial charge in [-0.05, 0) is 49.2 Å². The molecule has 1 aromatic carbocycles. The number of rotatable bonds is 4. The lowest BCUT2D eigenvalue weighted by Crippen LogP contribution is -2.12. The lowest BCUT2D eigenvalue weighted by atomic mass is 10.2. The van der Waals surface area contributed by atoms with Crippen LogP contribution in [-0.2, 0) is 0 Å². The molecule has 2 heterocycles. The van der Waals surface area contributed by atoms with Crippen LogP contribution in [0.3, 0.4) is 0 Å². The molecule has 4 rings (SSSR count). The van der Waals surface area contributed by atoms with E-state index in [9.17, 15) is 4.79 Å². The van der Waals surface area contributed by atoms with Gasteiger partial charge in [0.25, 0.3) is 5.91 Å². The molecule has 1 amide bonds. The number of hydrogen-bond donors (Lipinski definition) is 2. The van der Waals surface area contributed by atoms with Crippen LogP contribution in [0.5, 0.6) is 0 Å². The second kappa shape index (κ2) is 5.68. The monoisotopic (exact) mass is 304 g/mol. The fourth-order valence-electron chi connectivity index (χ4n) is 2.41. The van der Waals surface area contributed by atoms with Crippen molar-refractivity contribution in [2.75, 3.05) is 10.6 Å². The van der Waals surface area contributed by atoms with E-state index in [4.69, 9.17) is 0 Å². The SMILES string of the molecule is O=C(Nc1ccc2ncccc2c1)c1ccc(NC2CC2)nc1. The maximum Gasteiger partial charge on any atom is 0.257 e. The highest BCUT2D eigenvalue weighted by molar-refractivity contribution is 6.05. The molecular formula is C18H16N4O. The van der Waals surface area contributed by atoms with Crippen molar-refractivity contribution in [1.29, 1.82) is 0 Å². The van der Waals surface area contributed by atoms with Crippen molar-refractivity contribution < 1.29 is 4.79 Å². The maximum atomic E-state index is 12.3. The maximum absolute atomic E-state index is 12.3. The van der Waals surface area contributed by atoms with Gasteiger partial charge in [0.1, 0.15) is 5.82 Å². The van der Waals surface area contributed by atoms with E-state index >= 15 is 0 Å². The first-order valence-electron chi connectivity index (χ1n) is 7.67. The van der Waals surface area contributed by atoms with Gasteiger partial charge >= 0.3 is 0 Å². The van der Waals surface area contributed by atoms with E-state index in [0.29, 0.717) is 11.6 Å². The van der Waals surface area contributed by atoms with E-state index in [0.717, 1.165) is 22.4 Å². The molecule has 2 N–H and O–H groups in total. The third-order valence-corrected chi connectivity index (χ3v) is 3.82. The van der Waals surface area contributed by atoms with Crippen LogP contribution in [0, 0.1) is 0 Å². The summed E-state index contributed by atoms with van der Waals surface area (Å²) in [7, 11) is 0. The van der Waals surface area contributed by atoms with Crippen LogP contribution in [-0.4, -0.2) is 21.9 Å². The summed E-state index contributed by atoms with van der Waals surface area (Å²) in [5, 5.41) is 7.19. The van der Waals surface area contributed by atoms with Crippen LogP contribution in [0.25, 0.3) is 10.9 Å². The molecule has 1 fully saturated rings. The largest absolute Gasteiger partial charge is 0.367 e. The molecule has 0 radical (unpaired) electrons. The van der Waals surface area contributed by atoms with Gasteiger partial charge in [-0.2, -0.15) is 0 Å². The minimum atomic E-state index is -0.168. The number of nitrogens with zero attached hydrogens (tertiary/aromatic N) is 2. The molecular weight excluding hydrogens is 288 g/mol. The van der Waals surface area contributed by atoms with Crippen LogP contribution in [0.15, 0.2) is 54.9 Å². The van der Waals surface area contributed by atoms with Crippen molar-refractivity contribution in [1.82, 2.24) is 9.97 Å². The zero-order valence-corrected chi connectivity index (χ0v) is 12.5. The Bertz CT molecular complexity index is 856. The number of fused-ring (bicyclic) bond motifs is 1. The summed E-state index contributed by atoms with van der Waals surface area (Å²) < 4.78 is 0. The van der Waals surface area contributed by atoms with Gasteiger partial charge in [0.05, 0.1) is 11.1 Å². The average Bonchev–Trinajstić information content (AvgIpc) is 3.39. The first-order chi connectivity index (χ1) is 11.3. The summed E-state index contributed by atoms with van der Waals surface area (Å²) in [6.07, 6.45) is 5.74. The minimum absolute atomic E-state index is 0.168. The molecule has 1 saturated carbocycles. The van der Waals surface area contributed by atoms with Crippen LogP contribution in [0.1, 0.15) is 23.2 Å². The Morgan fingerprint density at radius 3 is 2.78 bits per heavy atom. The molecule has 3 aromatic rings. The third-order valence-electron chi connectivity index (χ3n) is 3.82. The molecule has 1 aliphatic carbocycles. The standard InChI is InChI=1S/C18H16N4O/c23-18(13-3-8-17(20-11-13)21-14-4-5-14)22-15-6-7-16-12(10-15)2-1-9-19-16/h1-3,6-11,14H,4-5H2,(H,20,21)(H,22,23). The summed E-state index contributed by atoms with van der Waals surface area (Å²) in [4.78, 5) is 20.9. The highest BCUT2D eigenvalue weighted by Gasteiger charge is 2.21. The zero-order chi connectivity index (χ0) is 15.6. The highest BCUT2D eigenvalue weighted by Crippen LogP contribution is 2.23. The van der Waals surface area contributed by atoms with E-state index in [1.165, 1.54) is 12.8 Å². The van der Waals surface area contributed by atoms with Gasteiger partial charge in [-0.25, -0.2) is 4.98 Å². The lowest BCUT2D eigenvalue weighted by Gasteiger charge is -2.07. The molecule has 5 heteroatoms. The molecule has 0 aliphatic heterocycles. The van der Waals surface area contributed by atoms with Crippen LogP contribution in [0.2, 0.25) is 0 Å². The van der Waals surface area contributed by atoms with Gasteiger partial charge in [0.2, 0.25) is 0 Å². The topological polar surface area (TPSA) is 66.9 Å². The fourth-order valence-corrected chi connectivity index (χ4v) is 2.41. The zero-order valence-electron chi connectivity index (χ0n) is 12.5. The van der Waals surface area contributed by atoms with Crippen molar-refractivity contribution in [3.8, 4) is 0 Å². The highest BCUT2D eigenvalue weighted by atomic mass is 16.1. The molecule has 5 nitrogen and oxygen atoms in total. The molecule has 0 saturated heterocycles. The van der Waals surface area contributed by atoms with E-state index < -0.39 is 0 Å². The average molecular weight is 304 g/mol. The van der Waals surface area contributed by atoms with E-state index in [-0.39, 0.29) is 5.91 Å². The molecule has 1 aliphatic rings. The Morgan fingerprint density at radius 2 is 2.00 bits per heavy atom. The number of benzene rings is 1. The molecule has 2 aromatic heterocycles. The molecule has 0 unspecified atom stereocenters. The second-order valence-corrected chi connectivity index (χ2v) is 5.72. The van der Waals surface area contributed by atoms with Crippen molar-refractivity contribution in [2.45, 2.75) is 18.9 Å².